The lowest BCUT2D eigenvalue weighted by molar-refractivity contribution is 0.0697. The van der Waals surface area contributed by atoms with Gasteiger partial charge in [0.2, 0.25) is 0 Å². The zero-order chi connectivity index (χ0) is 30.9. The van der Waals surface area contributed by atoms with Crippen molar-refractivity contribution in [2.45, 2.75) is 51.7 Å². The molecule has 0 aliphatic heterocycles. The third-order valence-electron chi connectivity index (χ3n) is 8.42. The van der Waals surface area contributed by atoms with Crippen LogP contribution in [0.25, 0.3) is 45.0 Å². The highest BCUT2D eigenvalue weighted by molar-refractivity contribution is 6.30. The number of carboxylic acids is 1. The number of hydrogen-bond donors (Lipinski definition) is 1. The molecule has 0 radical (unpaired) electrons. The van der Waals surface area contributed by atoms with Crippen molar-refractivity contribution in [1.29, 1.82) is 0 Å². The van der Waals surface area contributed by atoms with Crippen LogP contribution in [0.4, 0.5) is 0 Å². The molecule has 0 saturated heterocycles. The molecular weight excluding hydrogens is 588 g/mol. The second-order valence-corrected chi connectivity index (χ2v) is 11.9. The summed E-state index contributed by atoms with van der Waals surface area (Å²) in [6.07, 6.45) is 5.76. The van der Waals surface area contributed by atoms with Gasteiger partial charge in [0.1, 0.15) is 18.2 Å². The first-order valence-corrected chi connectivity index (χ1v) is 15.5. The van der Waals surface area contributed by atoms with Crippen molar-refractivity contribution in [3.63, 3.8) is 0 Å². The molecular formula is C36H31ClN4O4. The average molecular weight is 619 g/mol. The third-order valence-corrected chi connectivity index (χ3v) is 8.67. The number of fused-ring (bicyclic) bond motifs is 1. The van der Waals surface area contributed by atoms with Gasteiger partial charge in [-0.05, 0) is 103 Å². The van der Waals surface area contributed by atoms with Crippen LogP contribution in [0.5, 0.6) is 5.75 Å². The molecule has 0 atom stereocenters. The molecule has 1 N–H and O–H groups in total. The Kier molecular flexibility index (Phi) is 7.81. The molecule has 4 aromatic carbocycles. The fourth-order valence-electron chi connectivity index (χ4n) is 6.18. The van der Waals surface area contributed by atoms with Gasteiger partial charge >= 0.3 is 5.97 Å². The van der Waals surface area contributed by atoms with Gasteiger partial charge in [0.15, 0.2) is 5.82 Å². The van der Waals surface area contributed by atoms with Gasteiger partial charge in [-0.3, -0.25) is 0 Å². The predicted octanol–water partition coefficient (Wildman–Crippen LogP) is 9.16. The Bertz CT molecular complexity index is 1990. The van der Waals surface area contributed by atoms with Crippen molar-refractivity contribution in [3.8, 4) is 39.7 Å². The highest BCUT2D eigenvalue weighted by Gasteiger charge is 2.23. The van der Waals surface area contributed by atoms with Gasteiger partial charge in [-0.25, -0.2) is 9.78 Å². The number of aryl methyl sites for hydroxylation is 1. The van der Waals surface area contributed by atoms with Gasteiger partial charge in [0.25, 0.3) is 5.89 Å². The summed E-state index contributed by atoms with van der Waals surface area (Å²) in [6, 6.07) is 27.2. The van der Waals surface area contributed by atoms with Crippen LogP contribution < -0.4 is 4.74 Å². The van der Waals surface area contributed by atoms with E-state index in [1.165, 1.54) is 19.3 Å². The van der Waals surface area contributed by atoms with Gasteiger partial charge in [-0.2, -0.15) is 4.98 Å². The van der Waals surface area contributed by atoms with Crippen LogP contribution in [0.1, 0.15) is 59.9 Å². The van der Waals surface area contributed by atoms with E-state index in [9.17, 15) is 9.90 Å². The number of hydrogen-bond acceptors (Lipinski definition) is 6. The standard InChI is InChI=1S/C36H31ClN4O4/c1-22-38-35(45-40-22)25-11-17-31(23-7-13-28(37)14-8-23)27(19-25)21-44-30-15-9-24(10-16-30)34-39-32-20-26(36(42)43)12-18-33(32)41(34)29-5-3-2-4-6-29/h7-20,29H,2-6,21H2,1H3,(H,42,43). The number of benzene rings is 4. The lowest BCUT2D eigenvalue weighted by Gasteiger charge is -2.25. The van der Waals surface area contributed by atoms with Crippen LogP contribution in [-0.4, -0.2) is 30.8 Å². The largest absolute Gasteiger partial charge is 0.489 e. The molecule has 9 heteroatoms. The Labute approximate surface area is 265 Å². The summed E-state index contributed by atoms with van der Waals surface area (Å²) in [5.74, 6) is 1.64. The molecule has 6 aromatic rings. The van der Waals surface area contributed by atoms with Crippen molar-refractivity contribution in [2.75, 3.05) is 0 Å². The summed E-state index contributed by atoms with van der Waals surface area (Å²) in [5.41, 5.74) is 6.67. The Morgan fingerprint density at radius 2 is 1.64 bits per heavy atom. The van der Waals surface area contributed by atoms with Gasteiger partial charge in [-0.1, -0.05) is 54.2 Å². The number of ether oxygens (including phenoxy) is 1. The molecule has 8 nitrogen and oxygen atoms in total. The Balaban J connectivity index is 1.19. The summed E-state index contributed by atoms with van der Waals surface area (Å²) in [5, 5.41) is 14.2. The Hall–Kier alpha value is -4.95. The summed E-state index contributed by atoms with van der Waals surface area (Å²) in [7, 11) is 0. The van der Waals surface area contributed by atoms with E-state index >= 15 is 0 Å². The lowest BCUT2D eigenvalue weighted by Crippen LogP contribution is -2.14. The monoisotopic (exact) mass is 618 g/mol. The first-order valence-electron chi connectivity index (χ1n) is 15.1. The molecule has 1 aliphatic carbocycles. The Morgan fingerprint density at radius 3 is 2.36 bits per heavy atom. The summed E-state index contributed by atoms with van der Waals surface area (Å²) in [4.78, 5) is 21.0. The van der Waals surface area contributed by atoms with E-state index in [-0.39, 0.29) is 5.56 Å². The van der Waals surface area contributed by atoms with Crippen LogP contribution in [0, 0.1) is 6.92 Å². The lowest BCUT2D eigenvalue weighted by atomic mass is 9.95. The zero-order valence-corrected chi connectivity index (χ0v) is 25.5. The van der Waals surface area contributed by atoms with Crippen LogP contribution >= 0.6 is 11.6 Å². The van der Waals surface area contributed by atoms with E-state index in [0.29, 0.717) is 40.7 Å². The maximum Gasteiger partial charge on any atom is 0.335 e. The number of aromatic carboxylic acids is 1. The highest BCUT2D eigenvalue weighted by atomic mass is 35.5. The summed E-state index contributed by atoms with van der Waals surface area (Å²) in [6.45, 7) is 2.11. The van der Waals surface area contributed by atoms with Crippen molar-refractivity contribution in [2.24, 2.45) is 0 Å². The Morgan fingerprint density at radius 1 is 0.911 bits per heavy atom. The molecule has 1 saturated carbocycles. The van der Waals surface area contributed by atoms with Crippen LogP contribution in [0.2, 0.25) is 5.02 Å². The smallest absolute Gasteiger partial charge is 0.335 e. The molecule has 45 heavy (non-hydrogen) atoms. The highest BCUT2D eigenvalue weighted by Crippen LogP contribution is 2.37. The fourth-order valence-corrected chi connectivity index (χ4v) is 6.30. The van der Waals surface area contributed by atoms with Crippen LogP contribution in [-0.2, 0) is 6.61 Å². The number of imidazole rings is 1. The van der Waals surface area contributed by atoms with Crippen molar-refractivity contribution >= 4 is 28.6 Å². The maximum atomic E-state index is 11.7. The topological polar surface area (TPSA) is 103 Å². The molecule has 0 spiro atoms. The average Bonchev–Trinajstić information content (AvgIpc) is 3.68. The number of aromatic nitrogens is 4. The van der Waals surface area contributed by atoms with E-state index < -0.39 is 5.97 Å². The summed E-state index contributed by atoms with van der Waals surface area (Å²) >= 11 is 6.16. The van der Waals surface area contributed by atoms with E-state index in [1.807, 2.05) is 72.8 Å². The number of halogens is 1. The van der Waals surface area contributed by atoms with Gasteiger partial charge in [0.05, 0.1) is 16.6 Å². The van der Waals surface area contributed by atoms with Gasteiger partial charge in [0, 0.05) is 22.2 Å². The normalized spacial score (nSPS) is 13.7. The SMILES string of the molecule is Cc1noc(-c2ccc(-c3ccc(Cl)cc3)c(COc3ccc(-c4nc5cc(C(=O)O)ccc5n4C4CCCCC4)cc3)c2)n1. The molecule has 0 bridgehead atoms. The molecule has 2 aromatic heterocycles. The first kappa shape index (κ1) is 28.8. The quantitative estimate of drug-likeness (QED) is 0.181. The number of carbonyl (C=O) groups is 1. The molecule has 226 valence electrons. The molecule has 0 unspecified atom stereocenters. The number of nitrogens with zero attached hydrogens (tertiary/aromatic N) is 4. The van der Waals surface area contributed by atoms with Crippen LogP contribution in [0.15, 0.2) is 89.5 Å². The van der Waals surface area contributed by atoms with E-state index in [0.717, 1.165) is 52.0 Å². The van der Waals surface area contributed by atoms with E-state index in [4.69, 9.17) is 25.8 Å². The molecule has 1 fully saturated rings. The van der Waals surface area contributed by atoms with E-state index in [2.05, 4.69) is 14.7 Å². The fraction of sp³-hybridized carbons (Fsp3) is 0.222. The van der Waals surface area contributed by atoms with E-state index in [1.54, 1.807) is 19.1 Å². The minimum absolute atomic E-state index is 0.238. The molecule has 2 heterocycles. The van der Waals surface area contributed by atoms with Crippen LogP contribution in [0.3, 0.4) is 0 Å². The molecule has 0 amide bonds. The molecule has 1 aliphatic rings. The summed E-state index contributed by atoms with van der Waals surface area (Å²) < 4.78 is 14.1. The minimum atomic E-state index is -0.955. The predicted molar refractivity (Wildman–Crippen MR) is 173 cm³/mol. The second-order valence-electron chi connectivity index (χ2n) is 11.4. The van der Waals surface area contributed by atoms with Gasteiger partial charge < -0.3 is 18.9 Å². The number of carboxylic acid groups (broad SMARTS) is 1. The van der Waals surface area contributed by atoms with Gasteiger partial charge in [-0.15, -0.1) is 0 Å². The first-order chi connectivity index (χ1) is 21.9. The zero-order valence-electron chi connectivity index (χ0n) is 24.7. The van der Waals surface area contributed by atoms with Crippen molar-refractivity contribution in [3.05, 3.63) is 107 Å². The second kappa shape index (κ2) is 12.2. The minimum Gasteiger partial charge on any atom is -0.489 e. The number of rotatable bonds is 8. The van der Waals surface area contributed by atoms with Crippen molar-refractivity contribution in [1.82, 2.24) is 19.7 Å². The molecule has 7 rings (SSSR count). The maximum absolute atomic E-state index is 11.7. The third kappa shape index (κ3) is 5.93. The van der Waals surface area contributed by atoms with Crippen molar-refractivity contribution < 1.29 is 19.2 Å².